The third kappa shape index (κ3) is 4.79. The van der Waals surface area contributed by atoms with Crippen molar-refractivity contribution in [3.8, 4) is 0 Å². The number of hydrogen-bond donors (Lipinski definition) is 3. The highest BCUT2D eigenvalue weighted by atomic mass is 16.5. The predicted molar refractivity (Wildman–Crippen MR) is 84.3 cm³/mol. The molecule has 1 atom stereocenters. The van der Waals surface area contributed by atoms with Crippen LogP contribution in [-0.2, 0) is 16.0 Å². The molecule has 0 aromatic heterocycles. The van der Waals surface area contributed by atoms with E-state index in [0.29, 0.717) is 19.6 Å². The molecule has 1 aromatic rings. The van der Waals surface area contributed by atoms with Gasteiger partial charge in [0.25, 0.3) is 0 Å². The van der Waals surface area contributed by atoms with E-state index >= 15 is 0 Å². The first-order valence-corrected chi connectivity index (χ1v) is 6.92. The van der Waals surface area contributed by atoms with Crippen LogP contribution < -0.4 is 5.32 Å². The lowest BCUT2D eigenvalue weighted by molar-refractivity contribution is -0.127. The van der Waals surface area contributed by atoms with Crippen LogP contribution in [0.5, 0.6) is 0 Å². The molecule has 1 aromatic carbocycles. The van der Waals surface area contributed by atoms with Crippen LogP contribution in [0.25, 0.3) is 0 Å². The standard InChI is InChI=1S/C16H23N3O2/c1-16(14(18)8-9-17,15(20)19-10-11-21-2)12-13-6-4-3-5-7-13/h3-7,9,17-18H,8,10-12H2,1-2H3,(H,19,20). The fourth-order valence-electron chi connectivity index (χ4n) is 2.12. The topological polar surface area (TPSA) is 86.0 Å². The monoisotopic (exact) mass is 289 g/mol. The van der Waals surface area contributed by atoms with Crippen LogP contribution in [0.1, 0.15) is 18.9 Å². The van der Waals surface area contributed by atoms with Crippen LogP contribution in [0.15, 0.2) is 30.3 Å². The molecule has 5 nitrogen and oxygen atoms in total. The molecular weight excluding hydrogens is 266 g/mol. The van der Waals surface area contributed by atoms with Crippen LogP contribution in [0, 0.1) is 16.2 Å². The number of amides is 1. The molecule has 1 amide bonds. The van der Waals surface area contributed by atoms with Gasteiger partial charge in [-0.25, -0.2) is 0 Å². The Morgan fingerprint density at radius 3 is 2.62 bits per heavy atom. The van der Waals surface area contributed by atoms with Gasteiger partial charge in [-0.15, -0.1) is 0 Å². The predicted octanol–water partition coefficient (Wildman–Crippen LogP) is 2.06. The SMILES string of the molecule is COCCNC(=O)C(C)(Cc1ccccc1)C(=N)CC=N. The number of rotatable bonds is 9. The van der Waals surface area contributed by atoms with Gasteiger partial charge < -0.3 is 20.9 Å². The summed E-state index contributed by atoms with van der Waals surface area (Å²) in [7, 11) is 1.58. The van der Waals surface area contributed by atoms with Crippen molar-refractivity contribution < 1.29 is 9.53 Å². The van der Waals surface area contributed by atoms with Gasteiger partial charge >= 0.3 is 0 Å². The van der Waals surface area contributed by atoms with E-state index in [9.17, 15) is 4.79 Å². The highest BCUT2D eigenvalue weighted by Gasteiger charge is 2.37. The van der Waals surface area contributed by atoms with Gasteiger partial charge in [-0.2, -0.15) is 0 Å². The van der Waals surface area contributed by atoms with Gasteiger partial charge in [0.05, 0.1) is 12.0 Å². The summed E-state index contributed by atoms with van der Waals surface area (Å²) in [6, 6.07) is 9.64. The first kappa shape index (κ1) is 17.0. The second-order valence-electron chi connectivity index (χ2n) is 5.13. The lowest BCUT2D eigenvalue weighted by atomic mass is 9.77. The molecule has 1 unspecified atom stereocenters. The highest BCUT2D eigenvalue weighted by molar-refractivity contribution is 6.10. The van der Waals surface area contributed by atoms with E-state index in [1.807, 2.05) is 30.3 Å². The molecule has 0 saturated carbocycles. The number of hydrogen-bond acceptors (Lipinski definition) is 4. The van der Waals surface area contributed by atoms with Gasteiger partial charge in [0.1, 0.15) is 0 Å². The fraction of sp³-hybridized carbons (Fsp3) is 0.438. The molecule has 3 N–H and O–H groups in total. The quantitative estimate of drug-likeness (QED) is 0.480. The molecule has 1 rings (SSSR count). The zero-order valence-corrected chi connectivity index (χ0v) is 12.6. The zero-order valence-electron chi connectivity index (χ0n) is 12.6. The van der Waals surface area contributed by atoms with Crippen molar-refractivity contribution in [1.82, 2.24) is 5.32 Å². The summed E-state index contributed by atoms with van der Waals surface area (Å²) in [4.78, 5) is 12.5. The van der Waals surface area contributed by atoms with Crippen molar-refractivity contribution in [3.05, 3.63) is 35.9 Å². The van der Waals surface area contributed by atoms with E-state index in [4.69, 9.17) is 15.6 Å². The Labute approximate surface area is 125 Å². The largest absolute Gasteiger partial charge is 0.383 e. The Hall–Kier alpha value is -2.01. The Morgan fingerprint density at radius 1 is 1.38 bits per heavy atom. The van der Waals surface area contributed by atoms with E-state index in [1.54, 1.807) is 14.0 Å². The Balaban J connectivity index is 2.91. The molecule has 0 bridgehead atoms. The first-order chi connectivity index (χ1) is 10.0. The average molecular weight is 289 g/mol. The van der Waals surface area contributed by atoms with Crippen LogP contribution in [0.4, 0.5) is 0 Å². The molecule has 0 aliphatic heterocycles. The van der Waals surface area contributed by atoms with Gasteiger partial charge in [0, 0.05) is 32.0 Å². The summed E-state index contributed by atoms with van der Waals surface area (Å²) >= 11 is 0. The van der Waals surface area contributed by atoms with Crippen LogP contribution in [-0.4, -0.2) is 38.1 Å². The molecule has 0 fully saturated rings. The molecule has 0 aliphatic carbocycles. The first-order valence-electron chi connectivity index (χ1n) is 6.92. The van der Waals surface area contributed by atoms with Crippen LogP contribution in [0.3, 0.4) is 0 Å². The average Bonchev–Trinajstić information content (AvgIpc) is 2.48. The molecule has 0 saturated heterocycles. The molecular formula is C16H23N3O2. The van der Waals surface area contributed by atoms with Gasteiger partial charge in [-0.3, -0.25) is 4.79 Å². The summed E-state index contributed by atoms with van der Waals surface area (Å²) in [6.07, 6.45) is 1.79. The van der Waals surface area contributed by atoms with Gasteiger partial charge in [0.2, 0.25) is 5.91 Å². The summed E-state index contributed by atoms with van der Waals surface area (Å²) < 4.78 is 4.93. The summed E-state index contributed by atoms with van der Waals surface area (Å²) in [5.74, 6) is -0.199. The molecule has 5 heteroatoms. The molecule has 0 spiro atoms. The number of ether oxygens (including phenoxy) is 1. The van der Waals surface area contributed by atoms with Gasteiger partial charge in [-0.1, -0.05) is 30.3 Å². The number of benzene rings is 1. The summed E-state index contributed by atoms with van der Waals surface area (Å²) in [5, 5.41) is 18.1. The van der Waals surface area contributed by atoms with E-state index in [-0.39, 0.29) is 18.0 Å². The summed E-state index contributed by atoms with van der Waals surface area (Å²) in [5.41, 5.74) is 0.292. The zero-order chi connectivity index (χ0) is 15.7. The molecule has 0 heterocycles. The minimum absolute atomic E-state index is 0.182. The second-order valence-corrected chi connectivity index (χ2v) is 5.13. The van der Waals surface area contributed by atoms with E-state index in [1.165, 1.54) is 0 Å². The number of carbonyl (C=O) groups is 1. The smallest absolute Gasteiger partial charge is 0.232 e. The maximum absolute atomic E-state index is 12.5. The van der Waals surface area contributed by atoms with Crippen molar-refractivity contribution in [2.75, 3.05) is 20.3 Å². The van der Waals surface area contributed by atoms with Crippen LogP contribution >= 0.6 is 0 Å². The third-order valence-corrected chi connectivity index (χ3v) is 3.47. The maximum Gasteiger partial charge on any atom is 0.232 e. The normalized spacial score (nSPS) is 13.2. The number of carbonyl (C=O) groups excluding carboxylic acids is 1. The van der Waals surface area contributed by atoms with E-state index < -0.39 is 5.41 Å². The Bertz CT molecular complexity index is 488. The third-order valence-electron chi connectivity index (χ3n) is 3.47. The van der Waals surface area contributed by atoms with Crippen molar-refractivity contribution >= 4 is 17.8 Å². The van der Waals surface area contributed by atoms with E-state index in [2.05, 4.69) is 5.32 Å². The number of nitrogens with one attached hydrogen (secondary N) is 3. The van der Waals surface area contributed by atoms with Crippen molar-refractivity contribution in [2.45, 2.75) is 19.8 Å². The van der Waals surface area contributed by atoms with Gasteiger partial charge in [0.15, 0.2) is 0 Å². The van der Waals surface area contributed by atoms with E-state index in [0.717, 1.165) is 11.8 Å². The summed E-state index contributed by atoms with van der Waals surface area (Å²) in [6.45, 7) is 2.61. The second kappa shape index (κ2) is 8.32. The molecule has 0 aliphatic rings. The molecule has 0 radical (unpaired) electrons. The lowest BCUT2D eigenvalue weighted by Crippen LogP contribution is -2.46. The minimum atomic E-state index is -0.952. The number of methoxy groups -OCH3 is 1. The molecule has 114 valence electrons. The molecule has 21 heavy (non-hydrogen) atoms. The van der Waals surface area contributed by atoms with Crippen LogP contribution in [0.2, 0.25) is 0 Å². The van der Waals surface area contributed by atoms with Crippen molar-refractivity contribution in [1.29, 1.82) is 10.8 Å². The maximum atomic E-state index is 12.5. The minimum Gasteiger partial charge on any atom is -0.383 e. The van der Waals surface area contributed by atoms with Gasteiger partial charge in [-0.05, 0) is 18.9 Å². The lowest BCUT2D eigenvalue weighted by Gasteiger charge is -2.29. The Kier molecular flexibility index (Phi) is 6.75. The van der Waals surface area contributed by atoms with Crippen molar-refractivity contribution in [3.63, 3.8) is 0 Å². The Morgan fingerprint density at radius 2 is 2.05 bits per heavy atom. The fourth-order valence-corrected chi connectivity index (χ4v) is 2.12. The van der Waals surface area contributed by atoms with Crippen molar-refractivity contribution in [2.24, 2.45) is 5.41 Å². The highest BCUT2D eigenvalue weighted by Crippen LogP contribution is 2.26.